The van der Waals surface area contributed by atoms with Crippen molar-refractivity contribution in [1.82, 2.24) is 14.5 Å². The second kappa shape index (κ2) is 11.7. The van der Waals surface area contributed by atoms with Gasteiger partial charge in [0.1, 0.15) is 0 Å². The fraction of sp³-hybridized carbons (Fsp3) is 0.143. The third-order valence-electron chi connectivity index (χ3n) is 6.00. The van der Waals surface area contributed by atoms with Crippen LogP contribution in [0.4, 0.5) is 0 Å². The zero-order valence-corrected chi connectivity index (χ0v) is 23.3. The first-order valence-electron chi connectivity index (χ1n) is 11.7. The van der Waals surface area contributed by atoms with Crippen molar-refractivity contribution in [3.63, 3.8) is 0 Å². The van der Waals surface area contributed by atoms with Gasteiger partial charge in [-0.1, -0.05) is 66.2 Å². The number of nitrogens with one attached hydrogen (secondary N) is 1. The van der Waals surface area contributed by atoms with E-state index in [1.807, 2.05) is 18.2 Å². The number of carbonyl (C=O) groups excluding carboxylic acids is 1. The number of allylic oxidation sites excluding steroid dienone is 4. The monoisotopic (exact) mass is 587 g/mol. The molecule has 6 nitrogen and oxygen atoms in total. The maximum absolute atomic E-state index is 13.4. The van der Waals surface area contributed by atoms with Gasteiger partial charge in [-0.05, 0) is 85.4 Å². The summed E-state index contributed by atoms with van der Waals surface area (Å²) < 4.78 is 29.4. The van der Waals surface area contributed by atoms with E-state index in [0.717, 1.165) is 30.1 Å². The number of benzene rings is 2. The molecular weight excluding hydrogens is 565 g/mol. The minimum Gasteiger partial charge on any atom is -0.266 e. The maximum Gasteiger partial charge on any atom is 0.285 e. The fourth-order valence-corrected chi connectivity index (χ4v) is 5.84. The molecule has 0 bridgehead atoms. The fourth-order valence-electron chi connectivity index (χ4n) is 4.28. The second-order valence-electron chi connectivity index (χ2n) is 8.56. The van der Waals surface area contributed by atoms with Crippen LogP contribution in [0.3, 0.4) is 0 Å². The number of rotatable bonds is 7. The average Bonchev–Trinajstić information content (AvgIpc) is 3.12. The van der Waals surface area contributed by atoms with E-state index in [1.165, 1.54) is 12.2 Å². The number of nitrogens with zero attached hydrogens (tertiary/aromatic N) is 2. The average molecular weight is 589 g/mol. The smallest absolute Gasteiger partial charge is 0.266 e. The van der Waals surface area contributed by atoms with E-state index in [4.69, 9.17) is 34.8 Å². The Morgan fingerprint density at radius 3 is 2.34 bits per heavy atom. The highest BCUT2D eigenvalue weighted by molar-refractivity contribution is 7.94. The summed E-state index contributed by atoms with van der Waals surface area (Å²) in [4.78, 5) is 13.2. The molecule has 1 amide bonds. The zero-order valence-electron chi connectivity index (χ0n) is 20.3. The Morgan fingerprint density at radius 2 is 1.68 bits per heavy atom. The number of fused-ring (bicyclic) bond motifs is 1. The minimum absolute atomic E-state index is 0.000475. The van der Waals surface area contributed by atoms with Crippen molar-refractivity contribution in [1.29, 1.82) is 0 Å². The summed E-state index contributed by atoms with van der Waals surface area (Å²) in [7, 11) is -4.20. The molecule has 1 aliphatic rings. The van der Waals surface area contributed by atoms with Crippen LogP contribution in [0, 0.1) is 0 Å². The zero-order chi connectivity index (χ0) is 27.4. The van der Waals surface area contributed by atoms with Gasteiger partial charge in [0.25, 0.3) is 15.9 Å². The molecule has 0 spiro atoms. The molecule has 0 aliphatic heterocycles. The molecule has 0 atom stereocenters. The van der Waals surface area contributed by atoms with Crippen molar-refractivity contribution in [2.24, 2.45) is 0 Å². The van der Waals surface area contributed by atoms with Gasteiger partial charge in [0.05, 0.1) is 21.3 Å². The van der Waals surface area contributed by atoms with E-state index in [2.05, 4.69) is 23.0 Å². The van der Waals surface area contributed by atoms with Gasteiger partial charge < -0.3 is 0 Å². The molecule has 0 fully saturated rings. The van der Waals surface area contributed by atoms with Gasteiger partial charge in [-0.25, -0.2) is 17.8 Å². The Bertz CT molecular complexity index is 1590. The molecule has 0 saturated heterocycles. The van der Waals surface area contributed by atoms with Crippen molar-refractivity contribution < 1.29 is 13.2 Å². The molecule has 1 heterocycles. The molecule has 2 aromatic carbocycles. The van der Waals surface area contributed by atoms with Crippen molar-refractivity contribution in [2.45, 2.75) is 25.7 Å². The highest BCUT2D eigenvalue weighted by atomic mass is 35.5. The van der Waals surface area contributed by atoms with E-state index in [0.29, 0.717) is 44.9 Å². The summed E-state index contributed by atoms with van der Waals surface area (Å²) in [5, 5.41) is 6.00. The van der Waals surface area contributed by atoms with Crippen molar-refractivity contribution in [2.75, 3.05) is 0 Å². The minimum atomic E-state index is -4.20. The first kappa shape index (κ1) is 27.9. The Kier molecular flexibility index (Phi) is 8.63. The maximum atomic E-state index is 13.4. The van der Waals surface area contributed by atoms with Crippen LogP contribution in [-0.2, 0) is 16.4 Å². The van der Waals surface area contributed by atoms with Crippen molar-refractivity contribution in [3.8, 4) is 5.69 Å². The SMILES string of the molecule is C=C/C=C(\C=C)S(=O)(=O)NC(=O)c1nn(-c2ccc(Cl)cc2Cl)c2c1CCCC/C2=C\c1ccc(Cl)cc1. The normalized spacial score (nSPS) is 15.0. The van der Waals surface area contributed by atoms with Crippen LogP contribution in [0.25, 0.3) is 17.3 Å². The van der Waals surface area contributed by atoms with Crippen LogP contribution >= 0.6 is 34.8 Å². The molecule has 38 heavy (non-hydrogen) atoms. The number of hydrogen-bond acceptors (Lipinski definition) is 4. The third kappa shape index (κ3) is 5.97. The molecule has 1 aliphatic carbocycles. The molecule has 0 saturated carbocycles. The topological polar surface area (TPSA) is 81.1 Å². The molecule has 0 unspecified atom stereocenters. The summed E-state index contributed by atoms with van der Waals surface area (Å²) in [6, 6.07) is 12.4. The molecule has 3 aromatic rings. The lowest BCUT2D eigenvalue weighted by Gasteiger charge is -2.13. The van der Waals surface area contributed by atoms with Gasteiger partial charge in [-0.3, -0.25) is 4.79 Å². The summed E-state index contributed by atoms with van der Waals surface area (Å²) in [6.07, 6.45) is 8.60. The predicted octanol–water partition coefficient (Wildman–Crippen LogP) is 7.42. The van der Waals surface area contributed by atoms with Crippen LogP contribution in [0.1, 0.15) is 46.6 Å². The quantitative estimate of drug-likeness (QED) is 0.230. The molecular formula is C28H24Cl3N3O3S. The van der Waals surface area contributed by atoms with E-state index in [1.54, 1.807) is 35.0 Å². The lowest BCUT2D eigenvalue weighted by Crippen LogP contribution is -2.32. The van der Waals surface area contributed by atoms with E-state index in [9.17, 15) is 13.2 Å². The van der Waals surface area contributed by atoms with Crippen molar-refractivity contribution in [3.05, 3.63) is 116 Å². The van der Waals surface area contributed by atoms with Gasteiger partial charge in [0, 0.05) is 15.6 Å². The first-order chi connectivity index (χ1) is 18.1. The number of amides is 1. The van der Waals surface area contributed by atoms with E-state index < -0.39 is 15.9 Å². The lowest BCUT2D eigenvalue weighted by molar-refractivity contribution is 0.0975. The Morgan fingerprint density at radius 1 is 1.00 bits per heavy atom. The standard InChI is InChI=1S/C28H24Cl3N3O3S/c1-3-7-22(4-2)38(36,37)33-28(35)26-23-9-6-5-8-19(16-18-10-12-20(29)13-11-18)27(23)34(32-26)25-15-14-21(30)17-24(25)31/h3-4,7,10-17H,1-2,5-6,8-9H2,(H,33,35)/b19-16+,22-7+. The van der Waals surface area contributed by atoms with Crippen LogP contribution in [0.5, 0.6) is 0 Å². The largest absolute Gasteiger partial charge is 0.285 e. The van der Waals surface area contributed by atoms with Gasteiger partial charge in [0.15, 0.2) is 5.69 Å². The number of halogens is 3. The van der Waals surface area contributed by atoms with Crippen LogP contribution in [0.15, 0.2) is 78.8 Å². The molecule has 1 N–H and O–H groups in total. The Labute approximate surface area is 237 Å². The lowest BCUT2D eigenvalue weighted by atomic mass is 10.0. The first-order valence-corrected chi connectivity index (χ1v) is 14.3. The second-order valence-corrected chi connectivity index (χ2v) is 11.5. The van der Waals surface area contributed by atoms with Crippen LogP contribution in [0.2, 0.25) is 15.1 Å². The summed E-state index contributed by atoms with van der Waals surface area (Å²) in [5.41, 5.74) is 3.69. The number of carbonyl (C=O) groups is 1. The van der Waals surface area contributed by atoms with Gasteiger partial charge in [0.2, 0.25) is 0 Å². The molecule has 1 aromatic heterocycles. The molecule has 4 rings (SSSR count). The highest BCUT2D eigenvalue weighted by Crippen LogP contribution is 2.37. The number of sulfonamides is 1. The van der Waals surface area contributed by atoms with E-state index in [-0.39, 0.29) is 10.6 Å². The van der Waals surface area contributed by atoms with Gasteiger partial charge >= 0.3 is 0 Å². The van der Waals surface area contributed by atoms with E-state index >= 15 is 0 Å². The molecule has 196 valence electrons. The van der Waals surface area contributed by atoms with Crippen LogP contribution < -0.4 is 4.72 Å². The Balaban J connectivity index is 1.92. The summed E-state index contributed by atoms with van der Waals surface area (Å²) in [6.45, 7) is 7.03. The van der Waals surface area contributed by atoms with Gasteiger partial charge in [-0.2, -0.15) is 5.10 Å². The summed E-state index contributed by atoms with van der Waals surface area (Å²) >= 11 is 18.8. The highest BCUT2D eigenvalue weighted by Gasteiger charge is 2.30. The Hall–Kier alpha value is -3.10. The molecule has 10 heteroatoms. The van der Waals surface area contributed by atoms with Gasteiger partial charge in [-0.15, -0.1) is 0 Å². The third-order valence-corrected chi connectivity index (χ3v) is 8.16. The molecule has 0 radical (unpaired) electrons. The predicted molar refractivity (Wildman–Crippen MR) is 155 cm³/mol. The van der Waals surface area contributed by atoms with Crippen LogP contribution in [-0.4, -0.2) is 24.1 Å². The number of hydrogen-bond donors (Lipinski definition) is 1. The van der Waals surface area contributed by atoms with Crippen molar-refractivity contribution >= 4 is 62.4 Å². The summed E-state index contributed by atoms with van der Waals surface area (Å²) in [5.74, 6) is -0.852. The number of aromatic nitrogens is 2.